The molecule has 0 atom stereocenters. The van der Waals surface area contributed by atoms with Crippen LogP contribution in [0.15, 0.2) is 6.20 Å². The first-order valence-electron chi connectivity index (χ1n) is 6.11. The standard InChI is InChI=1S/C12H17N3O2/c1-14-7-10-6-13-12(15(10)8-11(14)16)9-2-4-17-5-3-9/h6,9H,2-5,7-8H2,1H3. The van der Waals surface area contributed by atoms with E-state index >= 15 is 0 Å². The van der Waals surface area contributed by atoms with Crippen molar-refractivity contribution in [2.24, 2.45) is 0 Å². The molecule has 0 aromatic carbocycles. The summed E-state index contributed by atoms with van der Waals surface area (Å²) in [5.74, 6) is 1.70. The summed E-state index contributed by atoms with van der Waals surface area (Å²) in [5, 5.41) is 0. The zero-order valence-electron chi connectivity index (χ0n) is 10.1. The van der Waals surface area contributed by atoms with E-state index in [9.17, 15) is 4.79 Å². The molecule has 0 N–H and O–H groups in total. The van der Waals surface area contributed by atoms with Gasteiger partial charge >= 0.3 is 0 Å². The lowest BCUT2D eigenvalue weighted by Gasteiger charge is -2.28. The van der Waals surface area contributed by atoms with Crippen LogP contribution >= 0.6 is 0 Å². The second kappa shape index (κ2) is 4.14. The Kier molecular flexibility index (Phi) is 2.63. The number of rotatable bonds is 1. The Morgan fingerprint density at radius 3 is 2.88 bits per heavy atom. The fourth-order valence-corrected chi connectivity index (χ4v) is 2.60. The average molecular weight is 235 g/mol. The van der Waals surface area contributed by atoms with E-state index in [0.717, 1.165) is 37.6 Å². The maximum Gasteiger partial charge on any atom is 0.242 e. The Labute approximate surface area is 100 Å². The molecule has 3 rings (SSSR count). The number of carbonyl (C=O) groups is 1. The van der Waals surface area contributed by atoms with Crippen LogP contribution in [0.25, 0.3) is 0 Å². The number of aromatic nitrogens is 2. The molecule has 1 amide bonds. The molecule has 0 saturated carbocycles. The van der Waals surface area contributed by atoms with Gasteiger partial charge in [-0.05, 0) is 12.8 Å². The first-order valence-corrected chi connectivity index (χ1v) is 6.11. The number of hydrogen-bond acceptors (Lipinski definition) is 3. The van der Waals surface area contributed by atoms with Crippen molar-refractivity contribution in [1.82, 2.24) is 14.5 Å². The zero-order chi connectivity index (χ0) is 11.8. The second-order valence-electron chi connectivity index (χ2n) is 4.83. The van der Waals surface area contributed by atoms with E-state index in [1.807, 2.05) is 13.2 Å². The molecular weight excluding hydrogens is 218 g/mol. The monoisotopic (exact) mass is 235 g/mol. The number of fused-ring (bicyclic) bond motifs is 1. The summed E-state index contributed by atoms with van der Waals surface area (Å²) in [6.45, 7) is 2.73. The maximum absolute atomic E-state index is 11.7. The fraction of sp³-hybridized carbons (Fsp3) is 0.667. The quantitative estimate of drug-likeness (QED) is 0.721. The van der Waals surface area contributed by atoms with Gasteiger partial charge in [0, 0.05) is 26.2 Å². The molecule has 92 valence electrons. The van der Waals surface area contributed by atoms with Gasteiger partial charge in [-0.3, -0.25) is 4.79 Å². The SMILES string of the molecule is CN1Cc2cnc(C3CCOCC3)n2CC1=O. The van der Waals surface area contributed by atoms with Crippen LogP contribution in [0.4, 0.5) is 0 Å². The lowest BCUT2D eigenvalue weighted by atomic mass is 9.99. The lowest BCUT2D eigenvalue weighted by molar-refractivity contribution is -0.132. The summed E-state index contributed by atoms with van der Waals surface area (Å²) in [6, 6.07) is 0. The van der Waals surface area contributed by atoms with Crippen molar-refractivity contribution in [3.63, 3.8) is 0 Å². The average Bonchev–Trinajstić information content (AvgIpc) is 2.74. The molecule has 1 aromatic rings. The van der Waals surface area contributed by atoms with E-state index in [4.69, 9.17) is 4.74 Å². The molecule has 0 aliphatic carbocycles. The van der Waals surface area contributed by atoms with Crippen molar-refractivity contribution in [1.29, 1.82) is 0 Å². The summed E-state index contributed by atoms with van der Waals surface area (Å²) in [7, 11) is 1.84. The predicted molar refractivity (Wildman–Crippen MR) is 61.5 cm³/mol. The predicted octanol–water partition coefficient (Wildman–Crippen LogP) is 0.749. The molecule has 1 saturated heterocycles. The van der Waals surface area contributed by atoms with Gasteiger partial charge in [0.2, 0.25) is 5.91 Å². The molecule has 5 nitrogen and oxygen atoms in total. The summed E-state index contributed by atoms with van der Waals surface area (Å²) >= 11 is 0. The van der Waals surface area contributed by atoms with Crippen LogP contribution in [0.1, 0.15) is 30.3 Å². The first kappa shape index (κ1) is 10.8. The van der Waals surface area contributed by atoms with Gasteiger partial charge in [0.05, 0.1) is 18.4 Å². The fourth-order valence-electron chi connectivity index (χ4n) is 2.60. The van der Waals surface area contributed by atoms with Gasteiger partial charge in [0.25, 0.3) is 0 Å². The van der Waals surface area contributed by atoms with E-state index in [1.54, 1.807) is 4.90 Å². The molecule has 1 aromatic heterocycles. The van der Waals surface area contributed by atoms with Gasteiger partial charge in [-0.25, -0.2) is 4.98 Å². The lowest BCUT2D eigenvalue weighted by Crippen LogP contribution is -2.36. The van der Waals surface area contributed by atoms with Crippen LogP contribution < -0.4 is 0 Å². The Morgan fingerprint density at radius 1 is 1.35 bits per heavy atom. The minimum Gasteiger partial charge on any atom is -0.381 e. The third kappa shape index (κ3) is 1.84. The number of amides is 1. The van der Waals surface area contributed by atoms with E-state index in [2.05, 4.69) is 9.55 Å². The minimum atomic E-state index is 0.170. The largest absolute Gasteiger partial charge is 0.381 e. The minimum absolute atomic E-state index is 0.170. The van der Waals surface area contributed by atoms with Crippen molar-refractivity contribution < 1.29 is 9.53 Å². The Bertz CT molecular complexity index is 435. The van der Waals surface area contributed by atoms with E-state index in [0.29, 0.717) is 19.0 Å². The van der Waals surface area contributed by atoms with Crippen LogP contribution in [0.5, 0.6) is 0 Å². The summed E-state index contributed by atoms with van der Waals surface area (Å²) < 4.78 is 7.46. The Hall–Kier alpha value is -1.36. The van der Waals surface area contributed by atoms with Gasteiger partial charge in [0.1, 0.15) is 12.4 Å². The molecule has 0 radical (unpaired) electrons. The Morgan fingerprint density at radius 2 is 2.12 bits per heavy atom. The third-order valence-electron chi connectivity index (χ3n) is 3.67. The normalized spacial score (nSPS) is 21.7. The van der Waals surface area contributed by atoms with Gasteiger partial charge < -0.3 is 14.2 Å². The number of carbonyl (C=O) groups excluding carboxylic acids is 1. The molecule has 0 unspecified atom stereocenters. The van der Waals surface area contributed by atoms with Crippen LogP contribution in [0.3, 0.4) is 0 Å². The van der Waals surface area contributed by atoms with Gasteiger partial charge in [-0.2, -0.15) is 0 Å². The van der Waals surface area contributed by atoms with Crippen LogP contribution in [0, 0.1) is 0 Å². The molecule has 0 spiro atoms. The Balaban J connectivity index is 1.89. The van der Waals surface area contributed by atoms with E-state index < -0.39 is 0 Å². The van der Waals surface area contributed by atoms with Gasteiger partial charge in [-0.1, -0.05) is 0 Å². The van der Waals surface area contributed by atoms with Crippen LogP contribution in [-0.2, 0) is 22.6 Å². The number of imidazole rings is 1. The molecule has 5 heteroatoms. The molecule has 17 heavy (non-hydrogen) atoms. The highest BCUT2D eigenvalue weighted by atomic mass is 16.5. The smallest absolute Gasteiger partial charge is 0.242 e. The van der Waals surface area contributed by atoms with E-state index in [1.165, 1.54) is 0 Å². The topological polar surface area (TPSA) is 47.4 Å². The van der Waals surface area contributed by atoms with E-state index in [-0.39, 0.29) is 5.91 Å². The summed E-state index contributed by atoms with van der Waals surface area (Å²) in [4.78, 5) is 18.0. The van der Waals surface area contributed by atoms with Crippen molar-refractivity contribution >= 4 is 5.91 Å². The van der Waals surface area contributed by atoms with Crippen molar-refractivity contribution in [3.8, 4) is 0 Å². The highest BCUT2D eigenvalue weighted by molar-refractivity contribution is 5.76. The van der Waals surface area contributed by atoms with Crippen molar-refractivity contribution in [2.75, 3.05) is 20.3 Å². The summed E-state index contributed by atoms with van der Waals surface area (Å²) in [6.07, 6.45) is 3.94. The second-order valence-corrected chi connectivity index (χ2v) is 4.83. The summed E-state index contributed by atoms with van der Waals surface area (Å²) in [5.41, 5.74) is 1.15. The maximum atomic E-state index is 11.7. The molecule has 1 fully saturated rings. The number of hydrogen-bond donors (Lipinski definition) is 0. The van der Waals surface area contributed by atoms with Gasteiger partial charge in [0.15, 0.2) is 0 Å². The zero-order valence-corrected chi connectivity index (χ0v) is 10.1. The van der Waals surface area contributed by atoms with Crippen molar-refractivity contribution in [3.05, 3.63) is 17.7 Å². The number of nitrogens with zero attached hydrogens (tertiary/aromatic N) is 3. The highest BCUT2D eigenvalue weighted by Crippen LogP contribution is 2.28. The first-order chi connectivity index (χ1) is 8.25. The van der Waals surface area contributed by atoms with Crippen molar-refractivity contribution in [2.45, 2.75) is 31.8 Å². The number of likely N-dealkylation sites (N-methyl/N-ethyl adjacent to an activating group) is 1. The molecule has 2 aliphatic rings. The highest BCUT2D eigenvalue weighted by Gasteiger charge is 2.27. The molecule has 2 aliphatic heterocycles. The molecular formula is C12H17N3O2. The van der Waals surface area contributed by atoms with Crippen LogP contribution in [0.2, 0.25) is 0 Å². The van der Waals surface area contributed by atoms with Gasteiger partial charge in [-0.15, -0.1) is 0 Å². The third-order valence-corrected chi connectivity index (χ3v) is 3.67. The molecule has 0 bridgehead atoms. The van der Waals surface area contributed by atoms with Crippen LogP contribution in [-0.4, -0.2) is 40.6 Å². The molecule has 3 heterocycles. The number of ether oxygens (including phenoxy) is 1.